The highest BCUT2D eigenvalue weighted by molar-refractivity contribution is 5.38. The van der Waals surface area contributed by atoms with Crippen LogP contribution in [0, 0.1) is 11.3 Å². The molecule has 1 unspecified atom stereocenters. The van der Waals surface area contributed by atoms with Crippen molar-refractivity contribution in [3.63, 3.8) is 0 Å². The highest BCUT2D eigenvalue weighted by atomic mass is 16.5. The van der Waals surface area contributed by atoms with Crippen LogP contribution in [-0.4, -0.2) is 13.2 Å². The summed E-state index contributed by atoms with van der Waals surface area (Å²) in [6.45, 7) is 6.82. The van der Waals surface area contributed by atoms with Gasteiger partial charge in [-0.15, -0.1) is 0 Å². The number of hydrogen-bond donors (Lipinski definition) is 1. The number of hydrogen-bond acceptors (Lipinski definition) is 3. The van der Waals surface area contributed by atoms with Crippen molar-refractivity contribution < 1.29 is 4.74 Å². The molecule has 17 heavy (non-hydrogen) atoms. The lowest BCUT2D eigenvalue weighted by atomic mass is 10.00. The number of benzene rings is 1. The van der Waals surface area contributed by atoms with Crippen molar-refractivity contribution in [1.82, 2.24) is 5.32 Å². The average molecular weight is 232 g/mol. The molecular formula is C14H20N2O. The zero-order valence-electron chi connectivity index (χ0n) is 10.9. The molecule has 0 aliphatic rings. The number of methoxy groups -OCH3 is 1. The number of nitrogens with zero attached hydrogens (tertiary/aromatic N) is 1. The Morgan fingerprint density at radius 2 is 2.06 bits per heavy atom. The van der Waals surface area contributed by atoms with Crippen LogP contribution in [0.25, 0.3) is 0 Å². The summed E-state index contributed by atoms with van der Waals surface area (Å²) in [6.07, 6.45) is 0. The van der Waals surface area contributed by atoms with Gasteiger partial charge in [0.15, 0.2) is 0 Å². The second-order valence-corrected chi connectivity index (χ2v) is 4.46. The third-order valence-corrected chi connectivity index (χ3v) is 2.76. The van der Waals surface area contributed by atoms with Crippen molar-refractivity contribution in [2.24, 2.45) is 0 Å². The van der Waals surface area contributed by atoms with E-state index in [4.69, 9.17) is 10.00 Å². The molecule has 0 bridgehead atoms. The van der Waals surface area contributed by atoms with Gasteiger partial charge in [-0.25, -0.2) is 0 Å². The molecule has 1 atom stereocenters. The van der Waals surface area contributed by atoms with Gasteiger partial charge >= 0.3 is 0 Å². The minimum absolute atomic E-state index is 0.151. The lowest BCUT2D eigenvalue weighted by Crippen LogP contribution is -2.23. The summed E-state index contributed by atoms with van der Waals surface area (Å²) < 4.78 is 5.32. The van der Waals surface area contributed by atoms with Crippen LogP contribution in [0.5, 0.6) is 5.75 Å². The normalized spacial score (nSPS) is 12.2. The summed E-state index contributed by atoms with van der Waals surface area (Å²) >= 11 is 0. The first-order valence-corrected chi connectivity index (χ1v) is 5.88. The second-order valence-electron chi connectivity index (χ2n) is 4.46. The molecule has 0 heterocycles. The summed E-state index contributed by atoms with van der Waals surface area (Å²) in [7, 11) is 1.67. The molecule has 0 aliphatic carbocycles. The molecule has 1 N–H and O–H groups in total. The van der Waals surface area contributed by atoms with Crippen LogP contribution in [0.3, 0.4) is 0 Å². The average Bonchev–Trinajstić information content (AvgIpc) is 2.35. The summed E-state index contributed by atoms with van der Waals surface area (Å²) in [5.74, 6) is 1.36. The Hall–Kier alpha value is -1.53. The van der Waals surface area contributed by atoms with Crippen LogP contribution < -0.4 is 10.1 Å². The lowest BCUT2D eigenvalue weighted by molar-refractivity contribution is 0.407. The molecule has 1 aromatic rings. The van der Waals surface area contributed by atoms with E-state index < -0.39 is 0 Å². The standard InChI is InChI=1S/C14H20N2O/c1-10(2)12-5-6-14(17-4)13(7-12)9-16-11(3)8-15/h5-7,10-11,16H,9H2,1-4H3. The largest absolute Gasteiger partial charge is 0.496 e. The van der Waals surface area contributed by atoms with Crippen molar-refractivity contribution in [2.45, 2.75) is 39.3 Å². The fraction of sp³-hybridized carbons (Fsp3) is 0.500. The van der Waals surface area contributed by atoms with Gasteiger partial charge in [0.05, 0.1) is 19.2 Å². The molecule has 0 amide bonds. The maximum absolute atomic E-state index is 8.74. The van der Waals surface area contributed by atoms with E-state index in [-0.39, 0.29) is 6.04 Å². The number of nitriles is 1. The molecule has 0 spiro atoms. The van der Waals surface area contributed by atoms with Gasteiger partial charge in [-0.05, 0) is 24.5 Å². The molecular weight excluding hydrogens is 212 g/mol. The number of ether oxygens (including phenoxy) is 1. The van der Waals surface area contributed by atoms with E-state index in [1.807, 2.05) is 13.0 Å². The van der Waals surface area contributed by atoms with Crippen molar-refractivity contribution in [2.75, 3.05) is 7.11 Å². The van der Waals surface area contributed by atoms with Gasteiger partial charge in [-0.1, -0.05) is 26.0 Å². The van der Waals surface area contributed by atoms with Gasteiger partial charge in [0, 0.05) is 12.1 Å². The molecule has 0 radical (unpaired) electrons. The summed E-state index contributed by atoms with van der Waals surface area (Å²) in [6, 6.07) is 8.22. The summed E-state index contributed by atoms with van der Waals surface area (Å²) in [5, 5.41) is 11.9. The van der Waals surface area contributed by atoms with Crippen molar-refractivity contribution in [3.8, 4) is 11.8 Å². The summed E-state index contributed by atoms with van der Waals surface area (Å²) in [5.41, 5.74) is 2.38. The minimum atomic E-state index is -0.151. The zero-order valence-corrected chi connectivity index (χ0v) is 10.9. The quantitative estimate of drug-likeness (QED) is 0.849. The smallest absolute Gasteiger partial charge is 0.123 e. The van der Waals surface area contributed by atoms with E-state index in [0.717, 1.165) is 11.3 Å². The van der Waals surface area contributed by atoms with Gasteiger partial charge in [0.2, 0.25) is 0 Å². The molecule has 0 aliphatic heterocycles. The Labute approximate surface area is 103 Å². The Kier molecular flexibility index (Phi) is 4.99. The monoisotopic (exact) mass is 232 g/mol. The van der Waals surface area contributed by atoms with Crippen LogP contribution in [0.1, 0.15) is 37.8 Å². The van der Waals surface area contributed by atoms with Gasteiger partial charge < -0.3 is 4.74 Å². The highest BCUT2D eigenvalue weighted by Gasteiger charge is 2.08. The van der Waals surface area contributed by atoms with E-state index in [2.05, 4.69) is 37.4 Å². The van der Waals surface area contributed by atoms with Crippen LogP contribution in [-0.2, 0) is 6.54 Å². The topological polar surface area (TPSA) is 45.0 Å². The molecule has 1 aromatic carbocycles. The van der Waals surface area contributed by atoms with Crippen LogP contribution in [0.2, 0.25) is 0 Å². The van der Waals surface area contributed by atoms with Crippen molar-refractivity contribution in [1.29, 1.82) is 5.26 Å². The van der Waals surface area contributed by atoms with E-state index in [9.17, 15) is 0 Å². The first kappa shape index (κ1) is 13.5. The first-order chi connectivity index (χ1) is 8.08. The maximum Gasteiger partial charge on any atom is 0.123 e. The lowest BCUT2D eigenvalue weighted by Gasteiger charge is -2.14. The van der Waals surface area contributed by atoms with Crippen molar-refractivity contribution >= 4 is 0 Å². The molecule has 92 valence electrons. The van der Waals surface area contributed by atoms with E-state index in [1.165, 1.54) is 5.56 Å². The van der Waals surface area contributed by atoms with Gasteiger partial charge in [-0.2, -0.15) is 5.26 Å². The van der Waals surface area contributed by atoms with E-state index in [0.29, 0.717) is 12.5 Å². The Balaban J connectivity index is 2.87. The van der Waals surface area contributed by atoms with E-state index in [1.54, 1.807) is 7.11 Å². The SMILES string of the molecule is COc1ccc(C(C)C)cc1CNC(C)C#N. The molecule has 3 heteroatoms. The second kappa shape index (κ2) is 6.27. The molecule has 0 saturated carbocycles. The predicted molar refractivity (Wildman–Crippen MR) is 69.0 cm³/mol. The van der Waals surface area contributed by atoms with Crippen LogP contribution >= 0.6 is 0 Å². The van der Waals surface area contributed by atoms with E-state index >= 15 is 0 Å². The molecule has 0 aromatic heterocycles. The molecule has 3 nitrogen and oxygen atoms in total. The van der Waals surface area contributed by atoms with Crippen LogP contribution in [0.4, 0.5) is 0 Å². The minimum Gasteiger partial charge on any atom is -0.496 e. The van der Waals surface area contributed by atoms with Gasteiger partial charge in [0.25, 0.3) is 0 Å². The van der Waals surface area contributed by atoms with Crippen molar-refractivity contribution in [3.05, 3.63) is 29.3 Å². The Bertz CT molecular complexity index is 407. The zero-order chi connectivity index (χ0) is 12.8. The third-order valence-electron chi connectivity index (χ3n) is 2.76. The van der Waals surface area contributed by atoms with Gasteiger partial charge in [-0.3, -0.25) is 5.32 Å². The summed E-state index contributed by atoms with van der Waals surface area (Å²) in [4.78, 5) is 0. The van der Waals surface area contributed by atoms with Crippen LogP contribution in [0.15, 0.2) is 18.2 Å². The fourth-order valence-electron chi connectivity index (χ4n) is 1.60. The number of rotatable bonds is 5. The molecule has 0 fully saturated rings. The predicted octanol–water partition coefficient (Wildman–Crippen LogP) is 2.82. The highest BCUT2D eigenvalue weighted by Crippen LogP contribution is 2.24. The fourth-order valence-corrected chi connectivity index (χ4v) is 1.60. The Morgan fingerprint density at radius 3 is 2.59 bits per heavy atom. The molecule has 0 saturated heterocycles. The first-order valence-electron chi connectivity index (χ1n) is 5.88. The van der Waals surface area contributed by atoms with Gasteiger partial charge in [0.1, 0.15) is 5.75 Å². The Morgan fingerprint density at radius 1 is 1.35 bits per heavy atom. The third kappa shape index (κ3) is 3.76. The molecule has 1 rings (SSSR count). The maximum atomic E-state index is 8.74. The number of nitrogens with one attached hydrogen (secondary N) is 1.